The van der Waals surface area contributed by atoms with Gasteiger partial charge in [0.05, 0.1) is 7.11 Å². The summed E-state index contributed by atoms with van der Waals surface area (Å²) >= 11 is 1.37. The lowest BCUT2D eigenvalue weighted by Crippen LogP contribution is -2.28. The lowest BCUT2D eigenvalue weighted by atomic mass is 10.3. The predicted molar refractivity (Wildman–Crippen MR) is 85.1 cm³/mol. The van der Waals surface area contributed by atoms with E-state index >= 15 is 0 Å². The van der Waals surface area contributed by atoms with E-state index in [4.69, 9.17) is 10.5 Å². The summed E-state index contributed by atoms with van der Waals surface area (Å²) < 4.78 is 5.37. The van der Waals surface area contributed by atoms with Gasteiger partial charge in [-0.1, -0.05) is 0 Å². The number of hydrogen-bond donors (Lipinski definition) is 1. The average Bonchev–Trinajstić information content (AvgIpc) is 2.71. The van der Waals surface area contributed by atoms with Crippen LogP contribution in [0.5, 0.6) is 5.75 Å². The van der Waals surface area contributed by atoms with Crippen LogP contribution in [-0.2, 0) is 0 Å². The highest BCUT2D eigenvalue weighted by molar-refractivity contribution is 7.19. The fourth-order valence-electron chi connectivity index (χ4n) is 1.68. The van der Waals surface area contributed by atoms with Crippen LogP contribution in [-0.4, -0.2) is 71.1 Å². The van der Waals surface area contributed by atoms with Gasteiger partial charge in [0.15, 0.2) is 5.75 Å². The number of nitrogen functional groups attached to an aromatic ring is 1. The van der Waals surface area contributed by atoms with Crippen molar-refractivity contribution in [2.45, 2.75) is 0 Å². The Kier molecular flexibility index (Phi) is 5.64. The van der Waals surface area contributed by atoms with Gasteiger partial charge in [0.25, 0.3) is 5.91 Å². The van der Waals surface area contributed by atoms with Gasteiger partial charge in [-0.2, -0.15) is 0 Å². The molecule has 1 aromatic heterocycles. The largest absolute Gasteiger partial charge is 0.492 e. The minimum Gasteiger partial charge on any atom is -0.492 e. The number of likely N-dealkylation sites (N-methyl/N-ethyl adjacent to an activating group) is 2. The third kappa shape index (κ3) is 3.55. The fraction of sp³-hybridized carbons (Fsp3) is 0.615. The second kappa shape index (κ2) is 6.81. The van der Waals surface area contributed by atoms with E-state index < -0.39 is 0 Å². The van der Waals surface area contributed by atoms with Crippen LogP contribution in [0.15, 0.2) is 0 Å². The molecule has 0 saturated carbocycles. The van der Waals surface area contributed by atoms with Gasteiger partial charge in [-0.15, -0.1) is 11.3 Å². The maximum absolute atomic E-state index is 12.1. The van der Waals surface area contributed by atoms with Gasteiger partial charge in [-0.25, -0.2) is 0 Å². The average molecular weight is 300 g/mol. The Labute approximate surface area is 124 Å². The molecule has 0 atom stereocenters. The number of ether oxygens (including phenoxy) is 1. The Morgan fingerprint density at radius 3 is 2.25 bits per heavy atom. The summed E-state index contributed by atoms with van der Waals surface area (Å²) in [5, 5.41) is 0.886. The molecule has 0 saturated heterocycles. The van der Waals surface area contributed by atoms with Gasteiger partial charge >= 0.3 is 0 Å². The normalized spacial score (nSPS) is 10.8. The molecular formula is C13H24N4O2S. The number of hydrogen-bond acceptors (Lipinski definition) is 6. The highest BCUT2D eigenvalue weighted by Gasteiger charge is 2.24. The van der Waals surface area contributed by atoms with Crippen LogP contribution in [0.1, 0.15) is 9.67 Å². The molecule has 1 heterocycles. The van der Waals surface area contributed by atoms with E-state index in [1.807, 2.05) is 21.1 Å². The minimum atomic E-state index is -0.0990. The number of carbonyl (C=O) groups excluding carboxylic acids is 1. The maximum atomic E-state index is 12.1. The van der Waals surface area contributed by atoms with Crippen molar-refractivity contribution in [1.29, 1.82) is 0 Å². The van der Waals surface area contributed by atoms with Gasteiger partial charge in [-0.05, 0) is 14.1 Å². The van der Waals surface area contributed by atoms with Gasteiger partial charge in [0, 0.05) is 34.2 Å². The molecule has 0 aromatic carbocycles. The summed E-state index contributed by atoms with van der Waals surface area (Å²) in [6.45, 7) is 1.74. The van der Waals surface area contributed by atoms with Crippen LogP contribution in [0.4, 0.5) is 10.7 Å². The van der Waals surface area contributed by atoms with E-state index in [0.29, 0.717) is 16.3 Å². The Balaban J connectivity index is 3.07. The zero-order chi connectivity index (χ0) is 15.4. The molecule has 7 heteroatoms. The molecule has 0 bridgehead atoms. The molecule has 114 valence electrons. The number of nitrogens with zero attached hydrogens (tertiary/aromatic N) is 3. The quantitative estimate of drug-likeness (QED) is 0.850. The lowest BCUT2D eigenvalue weighted by molar-refractivity contribution is 0.0833. The molecule has 1 amide bonds. The fourth-order valence-corrected chi connectivity index (χ4v) is 2.88. The molecular weight excluding hydrogens is 276 g/mol. The number of anilines is 2. The highest BCUT2D eigenvalue weighted by Crippen LogP contribution is 2.44. The van der Waals surface area contributed by atoms with Crippen molar-refractivity contribution in [3.8, 4) is 5.75 Å². The molecule has 0 unspecified atom stereocenters. The van der Waals surface area contributed by atoms with Crippen molar-refractivity contribution in [3.05, 3.63) is 4.88 Å². The first-order chi connectivity index (χ1) is 9.29. The molecule has 0 spiro atoms. The smallest absolute Gasteiger partial charge is 0.265 e. The first-order valence-corrected chi connectivity index (χ1v) is 7.15. The highest BCUT2D eigenvalue weighted by atomic mass is 32.1. The van der Waals surface area contributed by atoms with E-state index in [2.05, 4.69) is 9.80 Å². The summed E-state index contributed by atoms with van der Waals surface area (Å²) in [7, 11) is 11.0. The first kappa shape index (κ1) is 16.6. The molecule has 0 aliphatic carbocycles. The molecule has 0 radical (unpaired) electrons. The van der Waals surface area contributed by atoms with E-state index in [1.54, 1.807) is 21.2 Å². The summed E-state index contributed by atoms with van der Waals surface area (Å²) in [5.74, 6) is 0.486. The molecule has 6 nitrogen and oxygen atoms in total. The monoisotopic (exact) mass is 300 g/mol. The standard InChI is InChI=1S/C13H24N4O2S/c1-15(2)7-8-17(5)13-10(19-6)9(14)11(20-13)12(18)16(3)4/h7-8,14H2,1-6H3. The molecule has 0 aliphatic rings. The Hall–Kier alpha value is -1.47. The summed E-state index contributed by atoms with van der Waals surface area (Å²) in [4.78, 5) is 18.3. The van der Waals surface area contributed by atoms with E-state index in [-0.39, 0.29) is 5.91 Å². The van der Waals surface area contributed by atoms with Gasteiger partial charge in [0.2, 0.25) is 0 Å². The first-order valence-electron chi connectivity index (χ1n) is 6.33. The molecule has 20 heavy (non-hydrogen) atoms. The molecule has 0 fully saturated rings. The van der Waals surface area contributed by atoms with Crippen molar-refractivity contribution < 1.29 is 9.53 Å². The number of amides is 1. The third-order valence-corrected chi connectivity index (χ3v) is 4.21. The lowest BCUT2D eigenvalue weighted by Gasteiger charge is -2.20. The van der Waals surface area contributed by atoms with Crippen molar-refractivity contribution in [2.24, 2.45) is 0 Å². The van der Waals surface area contributed by atoms with Gasteiger partial charge in [0.1, 0.15) is 15.6 Å². The second-order valence-electron chi connectivity index (χ2n) is 5.11. The number of rotatable bonds is 6. The van der Waals surface area contributed by atoms with Crippen LogP contribution in [0.3, 0.4) is 0 Å². The molecule has 1 aromatic rings. The maximum Gasteiger partial charge on any atom is 0.265 e. The van der Waals surface area contributed by atoms with Crippen molar-refractivity contribution in [1.82, 2.24) is 9.80 Å². The summed E-state index contributed by atoms with van der Waals surface area (Å²) in [5.41, 5.74) is 6.47. The molecule has 0 aliphatic heterocycles. The zero-order valence-corrected chi connectivity index (χ0v) is 13.9. The van der Waals surface area contributed by atoms with Crippen LogP contribution in [0.2, 0.25) is 0 Å². The minimum absolute atomic E-state index is 0.0990. The van der Waals surface area contributed by atoms with Crippen molar-refractivity contribution in [3.63, 3.8) is 0 Å². The summed E-state index contributed by atoms with van der Waals surface area (Å²) in [6, 6.07) is 0. The topological polar surface area (TPSA) is 62.0 Å². The molecule has 2 N–H and O–H groups in total. The second-order valence-corrected chi connectivity index (χ2v) is 6.11. The third-order valence-electron chi connectivity index (χ3n) is 2.92. The number of methoxy groups -OCH3 is 1. The number of thiophene rings is 1. The van der Waals surface area contributed by atoms with E-state index in [0.717, 1.165) is 18.1 Å². The van der Waals surface area contributed by atoms with Crippen LogP contribution in [0, 0.1) is 0 Å². The number of nitrogens with two attached hydrogens (primary N) is 1. The van der Waals surface area contributed by atoms with Crippen LogP contribution >= 0.6 is 11.3 Å². The number of carbonyl (C=O) groups is 1. The molecule has 1 rings (SSSR count). The van der Waals surface area contributed by atoms with E-state index in [1.165, 1.54) is 16.2 Å². The van der Waals surface area contributed by atoms with Crippen molar-refractivity contribution in [2.75, 3.05) is 66.1 Å². The van der Waals surface area contributed by atoms with Crippen LogP contribution in [0.25, 0.3) is 0 Å². The Bertz CT molecular complexity index is 471. The summed E-state index contributed by atoms with van der Waals surface area (Å²) in [6.07, 6.45) is 0. The van der Waals surface area contributed by atoms with E-state index in [9.17, 15) is 4.79 Å². The zero-order valence-electron chi connectivity index (χ0n) is 13.1. The van der Waals surface area contributed by atoms with Gasteiger partial charge in [-0.3, -0.25) is 4.79 Å². The SMILES string of the molecule is COc1c(N(C)CCN(C)C)sc(C(=O)N(C)C)c1N. The van der Waals surface area contributed by atoms with Crippen molar-refractivity contribution >= 4 is 27.9 Å². The predicted octanol–water partition coefficient (Wildman–Crippen LogP) is 1.04. The Morgan fingerprint density at radius 2 is 1.80 bits per heavy atom. The van der Waals surface area contributed by atoms with Gasteiger partial charge < -0.3 is 25.2 Å². The van der Waals surface area contributed by atoms with Crippen LogP contribution < -0.4 is 15.4 Å². The Morgan fingerprint density at radius 1 is 1.20 bits per heavy atom.